The van der Waals surface area contributed by atoms with Gasteiger partial charge in [-0.25, -0.2) is 13.3 Å². The Balaban J connectivity index is 1.82. The summed E-state index contributed by atoms with van der Waals surface area (Å²) in [6.45, 7) is 0.455. The lowest BCUT2D eigenvalue weighted by Gasteiger charge is -2.05. The number of aromatic nitrogens is 2. The van der Waals surface area contributed by atoms with E-state index >= 15 is 0 Å². The van der Waals surface area contributed by atoms with Gasteiger partial charge in [-0.1, -0.05) is 6.07 Å². The summed E-state index contributed by atoms with van der Waals surface area (Å²) in [5.41, 5.74) is 2.34. The first-order valence-electron chi connectivity index (χ1n) is 5.83. The van der Waals surface area contributed by atoms with Gasteiger partial charge in [-0.2, -0.15) is 5.10 Å². The van der Waals surface area contributed by atoms with E-state index in [0.29, 0.717) is 12.2 Å². The number of nitrogens with zero attached hydrogens (tertiary/aromatic N) is 2. The van der Waals surface area contributed by atoms with E-state index in [1.165, 1.54) is 12.1 Å². The first kappa shape index (κ1) is 11.6. The minimum atomic E-state index is -0.595. The summed E-state index contributed by atoms with van der Waals surface area (Å²) < 4.78 is 27.9. The molecule has 96 valence electrons. The van der Waals surface area contributed by atoms with Crippen LogP contribution in [-0.2, 0) is 6.54 Å². The van der Waals surface area contributed by atoms with Crippen LogP contribution in [0.5, 0.6) is 0 Å². The first-order valence-corrected chi connectivity index (χ1v) is 5.83. The molecule has 0 aliphatic rings. The summed E-state index contributed by atoms with van der Waals surface area (Å²) >= 11 is 0. The normalized spacial score (nSPS) is 10.8. The Morgan fingerprint density at radius 3 is 2.68 bits per heavy atom. The van der Waals surface area contributed by atoms with Gasteiger partial charge in [-0.05, 0) is 24.3 Å². The molecule has 0 bridgehead atoms. The van der Waals surface area contributed by atoms with Crippen LogP contribution < -0.4 is 5.32 Å². The summed E-state index contributed by atoms with van der Waals surface area (Å²) in [5.74, 6) is -1.19. The van der Waals surface area contributed by atoms with Crippen molar-refractivity contribution in [1.82, 2.24) is 9.61 Å². The number of nitrogens with one attached hydrogen (secondary N) is 1. The molecule has 0 saturated heterocycles. The number of halogens is 2. The van der Waals surface area contributed by atoms with E-state index < -0.39 is 11.6 Å². The van der Waals surface area contributed by atoms with E-state index in [-0.39, 0.29) is 0 Å². The molecular weight excluding hydrogens is 248 g/mol. The topological polar surface area (TPSA) is 29.3 Å². The highest BCUT2D eigenvalue weighted by Gasteiger charge is 2.04. The van der Waals surface area contributed by atoms with E-state index in [4.69, 9.17) is 0 Å². The molecule has 1 aromatic carbocycles. The smallest absolute Gasteiger partial charge is 0.128 e. The van der Waals surface area contributed by atoms with E-state index in [2.05, 4.69) is 10.4 Å². The van der Waals surface area contributed by atoms with Crippen molar-refractivity contribution < 1.29 is 8.78 Å². The van der Waals surface area contributed by atoms with Gasteiger partial charge in [0.25, 0.3) is 0 Å². The summed E-state index contributed by atoms with van der Waals surface area (Å²) in [7, 11) is 0. The van der Waals surface area contributed by atoms with Gasteiger partial charge in [0, 0.05) is 30.1 Å². The zero-order valence-corrected chi connectivity index (χ0v) is 9.98. The molecule has 0 unspecified atom stereocenters. The fraction of sp³-hybridized carbons (Fsp3) is 0.0714. The second-order valence-electron chi connectivity index (χ2n) is 4.21. The van der Waals surface area contributed by atoms with Crippen LogP contribution in [0.1, 0.15) is 5.56 Å². The molecule has 2 heterocycles. The molecule has 0 fully saturated rings. The lowest BCUT2D eigenvalue weighted by Crippen LogP contribution is -2.00. The lowest BCUT2D eigenvalue weighted by molar-refractivity contribution is 0.584. The van der Waals surface area contributed by atoms with E-state index in [9.17, 15) is 8.78 Å². The van der Waals surface area contributed by atoms with Crippen LogP contribution in [0.2, 0.25) is 0 Å². The lowest BCUT2D eigenvalue weighted by atomic mass is 10.2. The Morgan fingerprint density at radius 1 is 1.11 bits per heavy atom. The van der Waals surface area contributed by atoms with Crippen molar-refractivity contribution in [2.45, 2.75) is 6.54 Å². The zero-order valence-electron chi connectivity index (χ0n) is 9.98. The maximum atomic E-state index is 13.1. The van der Waals surface area contributed by atoms with Crippen LogP contribution in [0.4, 0.5) is 14.5 Å². The van der Waals surface area contributed by atoms with Crippen molar-refractivity contribution in [1.29, 1.82) is 0 Å². The number of anilines is 1. The second kappa shape index (κ2) is 4.68. The molecule has 0 saturated carbocycles. The molecule has 0 radical (unpaired) electrons. The van der Waals surface area contributed by atoms with Crippen LogP contribution in [0.15, 0.2) is 48.8 Å². The molecule has 3 rings (SSSR count). The SMILES string of the molecule is Fc1cc(F)cc(NCc2cnn3ccccc23)c1. The van der Waals surface area contributed by atoms with Crippen LogP contribution in [0.25, 0.3) is 5.52 Å². The van der Waals surface area contributed by atoms with E-state index in [1.807, 2.05) is 24.4 Å². The molecule has 0 atom stereocenters. The van der Waals surface area contributed by atoms with Gasteiger partial charge in [0.1, 0.15) is 11.6 Å². The predicted octanol–water partition coefficient (Wildman–Crippen LogP) is 3.22. The summed E-state index contributed by atoms with van der Waals surface area (Å²) in [4.78, 5) is 0. The molecule has 3 nitrogen and oxygen atoms in total. The average Bonchev–Trinajstić information content (AvgIpc) is 2.78. The number of hydrogen-bond acceptors (Lipinski definition) is 2. The number of fused-ring (bicyclic) bond motifs is 1. The van der Waals surface area contributed by atoms with Crippen LogP contribution >= 0.6 is 0 Å². The predicted molar refractivity (Wildman–Crippen MR) is 68.9 cm³/mol. The van der Waals surface area contributed by atoms with Crippen molar-refractivity contribution in [3.05, 3.63) is 66.0 Å². The molecule has 19 heavy (non-hydrogen) atoms. The largest absolute Gasteiger partial charge is 0.381 e. The minimum Gasteiger partial charge on any atom is -0.381 e. The first-order chi connectivity index (χ1) is 9.22. The molecule has 5 heteroatoms. The Kier molecular flexibility index (Phi) is 2.87. The van der Waals surface area contributed by atoms with Gasteiger partial charge in [-0.3, -0.25) is 0 Å². The third-order valence-electron chi connectivity index (χ3n) is 2.85. The molecular formula is C14H11F2N3. The maximum Gasteiger partial charge on any atom is 0.128 e. The van der Waals surface area contributed by atoms with Crippen molar-refractivity contribution >= 4 is 11.2 Å². The molecule has 0 aliphatic heterocycles. The Labute approximate surface area is 108 Å². The van der Waals surface area contributed by atoms with Gasteiger partial charge in [-0.15, -0.1) is 0 Å². The number of benzene rings is 1. The van der Waals surface area contributed by atoms with Crippen molar-refractivity contribution in [3.63, 3.8) is 0 Å². The fourth-order valence-electron chi connectivity index (χ4n) is 1.98. The zero-order chi connectivity index (χ0) is 13.2. The van der Waals surface area contributed by atoms with Crippen molar-refractivity contribution in [2.75, 3.05) is 5.32 Å². The quantitative estimate of drug-likeness (QED) is 0.782. The molecule has 0 aliphatic carbocycles. The summed E-state index contributed by atoms with van der Waals surface area (Å²) in [5, 5.41) is 7.18. The van der Waals surface area contributed by atoms with Crippen molar-refractivity contribution in [2.24, 2.45) is 0 Å². The van der Waals surface area contributed by atoms with Crippen LogP contribution in [0.3, 0.4) is 0 Å². The Hall–Kier alpha value is -2.43. The standard InChI is InChI=1S/C14H11F2N3/c15-11-5-12(16)7-13(6-11)17-8-10-9-18-19-4-2-1-3-14(10)19/h1-7,9,17H,8H2. The summed E-state index contributed by atoms with van der Waals surface area (Å²) in [6, 6.07) is 9.11. The van der Waals surface area contributed by atoms with Gasteiger partial charge in [0.05, 0.1) is 11.7 Å². The highest BCUT2D eigenvalue weighted by atomic mass is 19.1. The molecule has 2 aromatic heterocycles. The van der Waals surface area contributed by atoms with Crippen molar-refractivity contribution in [3.8, 4) is 0 Å². The van der Waals surface area contributed by atoms with Crippen LogP contribution in [-0.4, -0.2) is 9.61 Å². The Morgan fingerprint density at radius 2 is 1.89 bits per heavy atom. The van der Waals surface area contributed by atoms with Crippen LogP contribution in [0, 0.1) is 11.6 Å². The Bertz CT molecular complexity index is 701. The monoisotopic (exact) mass is 259 g/mol. The fourth-order valence-corrected chi connectivity index (χ4v) is 1.98. The number of hydrogen-bond donors (Lipinski definition) is 1. The minimum absolute atomic E-state index is 0.410. The van der Waals surface area contributed by atoms with Gasteiger partial charge in [0.15, 0.2) is 0 Å². The maximum absolute atomic E-state index is 13.1. The van der Waals surface area contributed by atoms with E-state index in [0.717, 1.165) is 17.1 Å². The third-order valence-corrected chi connectivity index (χ3v) is 2.85. The van der Waals surface area contributed by atoms with Gasteiger partial charge >= 0.3 is 0 Å². The molecule has 3 aromatic rings. The average molecular weight is 259 g/mol. The highest BCUT2D eigenvalue weighted by Crippen LogP contribution is 2.16. The second-order valence-corrected chi connectivity index (χ2v) is 4.21. The number of pyridine rings is 1. The number of rotatable bonds is 3. The molecule has 1 N–H and O–H groups in total. The molecule has 0 spiro atoms. The van der Waals surface area contributed by atoms with Gasteiger partial charge < -0.3 is 5.32 Å². The highest BCUT2D eigenvalue weighted by molar-refractivity contribution is 5.55. The molecule has 0 amide bonds. The third kappa shape index (κ3) is 2.40. The van der Waals surface area contributed by atoms with Gasteiger partial charge in [0.2, 0.25) is 0 Å². The van der Waals surface area contributed by atoms with E-state index in [1.54, 1.807) is 10.7 Å². The summed E-state index contributed by atoms with van der Waals surface area (Å²) in [6.07, 6.45) is 3.58.